The lowest BCUT2D eigenvalue weighted by Gasteiger charge is -2.20. The third-order valence-electron chi connectivity index (χ3n) is 2.72. The van der Waals surface area contributed by atoms with Crippen molar-refractivity contribution < 1.29 is 5.11 Å². The molecule has 0 aliphatic rings. The summed E-state index contributed by atoms with van der Waals surface area (Å²) in [6.07, 6.45) is 3.66. The van der Waals surface area contributed by atoms with Gasteiger partial charge in [-0.1, -0.05) is 6.07 Å². The summed E-state index contributed by atoms with van der Waals surface area (Å²) in [5.74, 6) is 0. The summed E-state index contributed by atoms with van der Waals surface area (Å²) in [7, 11) is 0. The van der Waals surface area contributed by atoms with Gasteiger partial charge in [-0.05, 0) is 30.7 Å². The maximum absolute atomic E-state index is 9.14. The summed E-state index contributed by atoms with van der Waals surface area (Å²) in [5, 5.41) is 9.14. The van der Waals surface area contributed by atoms with Gasteiger partial charge in [-0.15, -0.1) is 11.3 Å². The van der Waals surface area contributed by atoms with Crippen molar-refractivity contribution >= 4 is 11.3 Å². The lowest BCUT2D eigenvalue weighted by atomic mass is 10.2. The molecule has 0 aliphatic heterocycles. The first-order chi connectivity index (χ1) is 8.78. The molecule has 0 aromatic carbocycles. The molecule has 18 heavy (non-hydrogen) atoms. The summed E-state index contributed by atoms with van der Waals surface area (Å²) < 4.78 is 0. The van der Waals surface area contributed by atoms with Crippen molar-refractivity contribution in [2.75, 3.05) is 13.2 Å². The largest absolute Gasteiger partial charge is 0.395 e. The minimum Gasteiger partial charge on any atom is -0.395 e. The second-order valence-electron chi connectivity index (χ2n) is 4.31. The van der Waals surface area contributed by atoms with Crippen molar-refractivity contribution in [2.24, 2.45) is 0 Å². The zero-order valence-corrected chi connectivity index (χ0v) is 11.4. The van der Waals surface area contributed by atoms with Crippen LogP contribution in [0.3, 0.4) is 0 Å². The standard InChI is InChI=1S/C14H18N2OS/c1-12-4-5-14(18-12)11-16(7-8-17)10-13-3-2-6-15-9-13/h2-6,9,17H,7-8,10-11H2,1H3. The van der Waals surface area contributed by atoms with E-state index in [1.165, 1.54) is 15.3 Å². The molecule has 0 unspecified atom stereocenters. The van der Waals surface area contributed by atoms with E-state index in [4.69, 9.17) is 5.11 Å². The first kappa shape index (κ1) is 13.2. The highest BCUT2D eigenvalue weighted by molar-refractivity contribution is 7.11. The smallest absolute Gasteiger partial charge is 0.0558 e. The lowest BCUT2D eigenvalue weighted by Crippen LogP contribution is -2.25. The van der Waals surface area contributed by atoms with Gasteiger partial charge >= 0.3 is 0 Å². The van der Waals surface area contributed by atoms with E-state index >= 15 is 0 Å². The van der Waals surface area contributed by atoms with Crippen LogP contribution < -0.4 is 0 Å². The number of pyridine rings is 1. The maximum atomic E-state index is 9.14. The van der Waals surface area contributed by atoms with Gasteiger partial charge in [0.1, 0.15) is 0 Å². The van der Waals surface area contributed by atoms with Gasteiger partial charge in [-0.3, -0.25) is 9.88 Å². The Morgan fingerprint density at radius 1 is 1.28 bits per heavy atom. The van der Waals surface area contributed by atoms with Crippen LogP contribution in [-0.4, -0.2) is 28.1 Å². The van der Waals surface area contributed by atoms with Crippen LogP contribution in [0, 0.1) is 6.92 Å². The molecule has 96 valence electrons. The van der Waals surface area contributed by atoms with Gasteiger partial charge in [0.15, 0.2) is 0 Å². The van der Waals surface area contributed by atoms with Crippen molar-refractivity contribution in [3.8, 4) is 0 Å². The SMILES string of the molecule is Cc1ccc(CN(CCO)Cc2cccnc2)s1. The fourth-order valence-electron chi connectivity index (χ4n) is 1.90. The van der Waals surface area contributed by atoms with Crippen LogP contribution in [0.2, 0.25) is 0 Å². The van der Waals surface area contributed by atoms with Gasteiger partial charge < -0.3 is 5.11 Å². The highest BCUT2D eigenvalue weighted by Gasteiger charge is 2.08. The molecule has 2 rings (SSSR count). The number of hydrogen-bond acceptors (Lipinski definition) is 4. The Morgan fingerprint density at radius 2 is 2.17 bits per heavy atom. The molecule has 0 fully saturated rings. The molecule has 0 aliphatic carbocycles. The monoisotopic (exact) mass is 262 g/mol. The minimum atomic E-state index is 0.185. The van der Waals surface area contributed by atoms with Gasteiger partial charge in [0.05, 0.1) is 6.61 Å². The fraction of sp³-hybridized carbons (Fsp3) is 0.357. The van der Waals surface area contributed by atoms with Gasteiger partial charge in [-0.25, -0.2) is 0 Å². The quantitative estimate of drug-likeness (QED) is 0.868. The average molecular weight is 262 g/mol. The minimum absolute atomic E-state index is 0.185. The molecule has 2 aromatic rings. The van der Waals surface area contributed by atoms with Crippen LogP contribution in [0.5, 0.6) is 0 Å². The van der Waals surface area contributed by atoms with Crippen LogP contribution >= 0.6 is 11.3 Å². The van der Waals surface area contributed by atoms with Crippen molar-refractivity contribution in [3.63, 3.8) is 0 Å². The summed E-state index contributed by atoms with van der Waals surface area (Å²) in [6, 6.07) is 8.31. The molecule has 2 aromatic heterocycles. The van der Waals surface area contributed by atoms with E-state index in [9.17, 15) is 0 Å². The van der Waals surface area contributed by atoms with Crippen LogP contribution in [0.1, 0.15) is 15.3 Å². The molecule has 0 atom stereocenters. The van der Waals surface area contributed by atoms with E-state index in [2.05, 4.69) is 35.0 Å². The van der Waals surface area contributed by atoms with Gasteiger partial charge in [0, 0.05) is 41.8 Å². The number of rotatable bonds is 6. The Balaban J connectivity index is 1.99. The molecule has 0 saturated carbocycles. The van der Waals surface area contributed by atoms with E-state index in [0.29, 0.717) is 6.54 Å². The third kappa shape index (κ3) is 3.91. The Bertz CT molecular complexity index is 470. The van der Waals surface area contributed by atoms with E-state index in [1.54, 1.807) is 6.20 Å². The number of thiophene rings is 1. The maximum Gasteiger partial charge on any atom is 0.0558 e. The summed E-state index contributed by atoms with van der Waals surface area (Å²) >= 11 is 1.81. The molecule has 1 N–H and O–H groups in total. The number of aryl methyl sites for hydroxylation is 1. The van der Waals surface area contributed by atoms with Crippen molar-refractivity contribution in [3.05, 3.63) is 52.0 Å². The zero-order valence-electron chi connectivity index (χ0n) is 10.5. The second kappa shape index (κ2) is 6.64. The number of aromatic nitrogens is 1. The van der Waals surface area contributed by atoms with Crippen molar-refractivity contribution in [2.45, 2.75) is 20.0 Å². The predicted molar refractivity (Wildman–Crippen MR) is 74.5 cm³/mol. The number of hydrogen-bond donors (Lipinski definition) is 1. The molecule has 0 amide bonds. The molecule has 0 saturated heterocycles. The molecule has 3 nitrogen and oxygen atoms in total. The molecule has 0 radical (unpaired) electrons. The van der Waals surface area contributed by atoms with Crippen LogP contribution in [0.15, 0.2) is 36.7 Å². The van der Waals surface area contributed by atoms with Crippen LogP contribution in [0.25, 0.3) is 0 Å². The van der Waals surface area contributed by atoms with Crippen LogP contribution in [-0.2, 0) is 13.1 Å². The van der Waals surface area contributed by atoms with E-state index in [-0.39, 0.29) is 6.61 Å². The first-order valence-electron chi connectivity index (χ1n) is 6.05. The normalized spacial score (nSPS) is 11.1. The van der Waals surface area contributed by atoms with Crippen molar-refractivity contribution in [1.29, 1.82) is 0 Å². The van der Waals surface area contributed by atoms with Crippen molar-refractivity contribution in [1.82, 2.24) is 9.88 Å². The highest BCUT2D eigenvalue weighted by atomic mass is 32.1. The Hall–Kier alpha value is -1.23. The fourth-order valence-corrected chi connectivity index (χ4v) is 2.83. The Labute approximate surface area is 112 Å². The van der Waals surface area contributed by atoms with E-state index in [0.717, 1.165) is 13.1 Å². The molecule has 4 heteroatoms. The average Bonchev–Trinajstić information content (AvgIpc) is 2.76. The number of aliphatic hydroxyl groups excluding tert-OH is 1. The van der Waals surface area contributed by atoms with E-state index < -0.39 is 0 Å². The van der Waals surface area contributed by atoms with Crippen LogP contribution in [0.4, 0.5) is 0 Å². The molecule has 2 heterocycles. The van der Waals surface area contributed by atoms with Gasteiger partial charge in [0.25, 0.3) is 0 Å². The Kier molecular flexibility index (Phi) is 4.87. The number of aliphatic hydroxyl groups is 1. The summed E-state index contributed by atoms with van der Waals surface area (Å²) in [5.41, 5.74) is 1.18. The summed E-state index contributed by atoms with van der Waals surface area (Å²) in [4.78, 5) is 9.03. The van der Waals surface area contributed by atoms with E-state index in [1.807, 2.05) is 23.6 Å². The molecule has 0 spiro atoms. The predicted octanol–water partition coefficient (Wildman–Crippen LogP) is 2.45. The van der Waals surface area contributed by atoms with Gasteiger partial charge in [-0.2, -0.15) is 0 Å². The molecular formula is C14H18N2OS. The molecular weight excluding hydrogens is 244 g/mol. The first-order valence-corrected chi connectivity index (χ1v) is 6.87. The highest BCUT2D eigenvalue weighted by Crippen LogP contribution is 2.18. The number of nitrogens with zero attached hydrogens (tertiary/aromatic N) is 2. The topological polar surface area (TPSA) is 36.4 Å². The van der Waals surface area contributed by atoms with Gasteiger partial charge in [0.2, 0.25) is 0 Å². The zero-order chi connectivity index (χ0) is 12.8. The third-order valence-corrected chi connectivity index (χ3v) is 3.71. The Morgan fingerprint density at radius 3 is 2.78 bits per heavy atom. The second-order valence-corrected chi connectivity index (χ2v) is 5.68. The summed E-state index contributed by atoms with van der Waals surface area (Å²) in [6.45, 7) is 4.70. The molecule has 0 bridgehead atoms. The lowest BCUT2D eigenvalue weighted by molar-refractivity contribution is 0.185.